The van der Waals surface area contributed by atoms with Gasteiger partial charge in [-0.3, -0.25) is 16.0 Å². The molecule has 9 heteroatoms. The zero-order valence-electron chi connectivity index (χ0n) is 12.5. The Morgan fingerprint density at radius 3 is 2.43 bits per heavy atom. The summed E-state index contributed by atoms with van der Waals surface area (Å²) >= 11 is 0. The number of nitrogens with two attached hydrogens (primary N) is 1. The monoisotopic (exact) mass is 316 g/mol. The van der Waals surface area contributed by atoms with Gasteiger partial charge in [0, 0.05) is 18.7 Å². The lowest BCUT2D eigenvalue weighted by Crippen LogP contribution is -2.44. The van der Waals surface area contributed by atoms with Crippen molar-refractivity contribution in [3.8, 4) is 0 Å². The lowest BCUT2D eigenvalue weighted by molar-refractivity contribution is -0.387. The number of benzene rings is 1. The third kappa shape index (κ3) is 3.31. The van der Waals surface area contributed by atoms with Crippen LogP contribution >= 0.6 is 0 Å². The van der Waals surface area contributed by atoms with Gasteiger partial charge in [-0.25, -0.2) is 8.42 Å². The number of nitro benzene ring substituents is 1. The summed E-state index contributed by atoms with van der Waals surface area (Å²) in [5.74, 6) is 5.20. The van der Waals surface area contributed by atoms with E-state index < -0.39 is 26.2 Å². The van der Waals surface area contributed by atoms with Crippen LogP contribution in [0.25, 0.3) is 0 Å². The predicted molar refractivity (Wildman–Crippen MR) is 80.2 cm³/mol. The molecule has 1 aromatic rings. The number of nitrogens with zero attached hydrogens (tertiary/aromatic N) is 2. The summed E-state index contributed by atoms with van der Waals surface area (Å²) in [6, 6.07) is 3.66. The quantitative estimate of drug-likeness (QED) is 0.468. The van der Waals surface area contributed by atoms with Crippen molar-refractivity contribution in [2.24, 2.45) is 5.84 Å². The minimum Gasteiger partial charge on any atom is -0.324 e. The summed E-state index contributed by atoms with van der Waals surface area (Å²) in [6.45, 7) is 5.36. The highest BCUT2D eigenvalue weighted by molar-refractivity contribution is 7.89. The fourth-order valence-electron chi connectivity index (χ4n) is 1.66. The second-order valence-electron chi connectivity index (χ2n) is 5.22. The molecule has 0 bridgehead atoms. The van der Waals surface area contributed by atoms with Crippen LogP contribution in [0, 0.1) is 10.1 Å². The van der Waals surface area contributed by atoms with Gasteiger partial charge in [-0.1, -0.05) is 6.92 Å². The van der Waals surface area contributed by atoms with Crippen LogP contribution in [0.15, 0.2) is 23.1 Å². The number of nitrogen functional groups attached to an aromatic ring is 1. The van der Waals surface area contributed by atoms with E-state index in [1.165, 1.54) is 19.2 Å². The standard InChI is InChI=1S/C12H20N4O4S/c1-5-12(2,3)15(4)21(19,20)11-7-6-9(14-13)8-10(11)16(17)18/h6-8,14H,5,13H2,1-4H3. The Bertz CT molecular complexity index is 643. The van der Waals surface area contributed by atoms with E-state index in [1.807, 2.05) is 6.92 Å². The summed E-state index contributed by atoms with van der Waals surface area (Å²) < 4.78 is 26.4. The first kappa shape index (κ1) is 17.3. The molecule has 0 aliphatic heterocycles. The number of hydrogen-bond donors (Lipinski definition) is 2. The topological polar surface area (TPSA) is 119 Å². The Morgan fingerprint density at radius 2 is 2.00 bits per heavy atom. The van der Waals surface area contributed by atoms with Crippen LogP contribution in [0.2, 0.25) is 0 Å². The molecule has 1 rings (SSSR count). The number of sulfonamides is 1. The zero-order chi connectivity index (χ0) is 16.4. The van der Waals surface area contributed by atoms with Gasteiger partial charge in [-0.15, -0.1) is 0 Å². The molecule has 118 valence electrons. The van der Waals surface area contributed by atoms with E-state index in [0.717, 1.165) is 10.4 Å². The SMILES string of the molecule is CCC(C)(C)N(C)S(=O)(=O)c1ccc(NN)cc1[N+](=O)[O-]. The molecule has 0 saturated heterocycles. The maximum Gasteiger partial charge on any atom is 0.291 e. The number of nitrogens with one attached hydrogen (secondary N) is 1. The third-order valence-corrected chi connectivity index (χ3v) is 5.79. The van der Waals surface area contributed by atoms with Crippen LogP contribution in [0.4, 0.5) is 11.4 Å². The summed E-state index contributed by atoms with van der Waals surface area (Å²) in [5, 5.41) is 11.1. The van der Waals surface area contributed by atoms with Gasteiger partial charge in [0.25, 0.3) is 5.69 Å². The summed E-state index contributed by atoms with van der Waals surface area (Å²) in [4.78, 5) is 10.0. The number of anilines is 1. The fourth-order valence-corrected chi connectivity index (χ4v) is 3.38. The van der Waals surface area contributed by atoms with E-state index in [-0.39, 0.29) is 10.6 Å². The summed E-state index contributed by atoms with van der Waals surface area (Å²) in [6.07, 6.45) is 0.568. The van der Waals surface area contributed by atoms with Crippen molar-refractivity contribution in [2.45, 2.75) is 37.6 Å². The highest BCUT2D eigenvalue weighted by atomic mass is 32.2. The van der Waals surface area contributed by atoms with Crippen LogP contribution in [0.5, 0.6) is 0 Å². The van der Waals surface area contributed by atoms with Crippen LogP contribution in [0.3, 0.4) is 0 Å². The van der Waals surface area contributed by atoms with Crippen molar-refractivity contribution in [3.05, 3.63) is 28.3 Å². The lowest BCUT2D eigenvalue weighted by Gasteiger charge is -2.33. The van der Waals surface area contributed by atoms with Gasteiger partial charge in [-0.2, -0.15) is 4.31 Å². The number of nitro groups is 1. The first-order valence-corrected chi connectivity index (χ1v) is 7.76. The average Bonchev–Trinajstić information content (AvgIpc) is 2.45. The maximum atomic E-state index is 12.6. The Morgan fingerprint density at radius 1 is 1.43 bits per heavy atom. The van der Waals surface area contributed by atoms with Crippen molar-refractivity contribution in [3.63, 3.8) is 0 Å². The Balaban J connectivity index is 3.48. The van der Waals surface area contributed by atoms with E-state index in [9.17, 15) is 18.5 Å². The van der Waals surface area contributed by atoms with Crippen molar-refractivity contribution >= 4 is 21.4 Å². The van der Waals surface area contributed by atoms with Crippen LogP contribution in [0.1, 0.15) is 27.2 Å². The van der Waals surface area contributed by atoms with Crippen molar-refractivity contribution in [1.29, 1.82) is 0 Å². The van der Waals surface area contributed by atoms with E-state index in [2.05, 4.69) is 5.43 Å². The van der Waals surface area contributed by atoms with Gasteiger partial charge in [-0.05, 0) is 32.4 Å². The van der Waals surface area contributed by atoms with Gasteiger partial charge in [0.15, 0.2) is 4.90 Å². The molecule has 0 radical (unpaired) electrons. The van der Waals surface area contributed by atoms with E-state index in [1.54, 1.807) is 13.8 Å². The predicted octanol–water partition coefficient (Wildman–Crippen LogP) is 1.69. The van der Waals surface area contributed by atoms with Gasteiger partial charge in [0.1, 0.15) is 0 Å². The first-order valence-electron chi connectivity index (χ1n) is 6.32. The molecule has 0 aliphatic carbocycles. The number of hydrogen-bond acceptors (Lipinski definition) is 6. The second kappa shape index (κ2) is 5.96. The van der Waals surface area contributed by atoms with Crippen molar-refractivity contribution < 1.29 is 13.3 Å². The highest BCUT2D eigenvalue weighted by Crippen LogP contribution is 2.32. The lowest BCUT2D eigenvalue weighted by atomic mass is 10.0. The minimum atomic E-state index is -3.99. The van der Waals surface area contributed by atoms with Gasteiger partial charge in [0.2, 0.25) is 10.0 Å². The van der Waals surface area contributed by atoms with E-state index >= 15 is 0 Å². The highest BCUT2D eigenvalue weighted by Gasteiger charge is 2.36. The van der Waals surface area contributed by atoms with Crippen LogP contribution in [-0.4, -0.2) is 30.2 Å². The van der Waals surface area contributed by atoms with Gasteiger partial charge < -0.3 is 5.43 Å². The Hall–Kier alpha value is -1.71. The number of rotatable bonds is 6. The fraction of sp³-hybridized carbons (Fsp3) is 0.500. The summed E-state index contributed by atoms with van der Waals surface area (Å²) in [5.41, 5.74) is 1.36. The molecule has 0 atom stereocenters. The molecule has 0 heterocycles. The molecular formula is C12H20N4O4S. The first-order chi connectivity index (χ1) is 9.57. The number of hydrazine groups is 1. The van der Waals surface area contributed by atoms with Gasteiger partial charge in [0.05, 0.1) is 10.6 Å². The largest absolute Gasteiger partial charge is 0.324 e. The smallest absolute Gasteiger partial charge is 0.291 e. The van der Waals surface area contributed by atoms with E-state index in [0.29, 0.717) is 6.42 Å². The van der Waals surface area contributed by atoms with Gasteiger partial charge >= 0.3 is 0 Å². The average molecular weight is 316 g/mol. The molecule has 0 amide bonds. The molecule has 3 N–H and O–H groups in total. The second-order valence-corrected chi connectivity index (χ2v) is 7.16. The van der Waals surface area contributed by atoms with Crippen LogP contribution < -0.4 is 11.3 Å². The molecule has 0 aromatic heterocycles. The molecule has 0 aliphatic rings. The molecule has 0 spiro atoms. The normalized spacial score (nSPS) is 12.5. The molecule has 0 unspecified atom stereocenters. The van der Waals surface area contributed by atoms with Crippen molar-refractivity contribution in [2.75, 3.05) is 12.5 Å². The Kier molecular flexibility index (Phi) is 4.92. The molecule has 8 nitrogen and oxygen atoms in total. The maximum absolute atomic E-state index is 12.6. The molecular weight excluding hydrogens is 296 g/mol. The molecule has 0 fully saturated rings. The van der Waals surface area contributed by atoms with Crippen molar-refractivity contribution in [1.82, 2.24) is 4.31 Å². The zero-order valence-corrected chi connectivity index (χ0v) is 13.3. The third-order valence-electron chi connectivity index (χ3n) is 3.68. The van der Waals surface area contributed by atoms with E-state index in [4.69, 9.17) is 5.84 Å². The van der Waals surface area contributed by atoms with Crippen LogP contribution in [-0.2, 0) is 10.0 Å². The molecule has 1 aromatic carbocycles. The minimum absolute atomic E-state index is 0.262. The molecule has 21 heavy (non-hydrogen) atoms. The Labute approximate surface area is 124 Å². The summed E-state index contributed by atoms with van der Waals surface area (Å²) in [7, 11) is -2.57. The molecule has 0 saturated carbocycles.